The Kier molecular flexibility index (Phi) is 6.90. The van der Waals surface area contributed by atoms with Crippen molar-refractivity contribution in [2.75, 3.05) is 31.3 Å². The zero-order chi connectivity index (χ0) is 10.9. The molecule has 1 rings (SSSR count). The van der Waals surface area contributed by atoms with E-state index in [9.17, 15) is 0 Å². The van der Waals surface area contributed by atoms with E-state index in [0.29, 0.717) is 0 Å². The first kappa shape index (κ1) is 12.9. The Morgan fingerprint density at radius 2 is 1.93 bits per heavy atom. The summed E-state index contributed by atoms with van der Waals surface area (Å²) in [7, 11) is 0. The predicted octanol–water partition coefficient (Wildman–Crippen LogP) is 3.34. The molecule has 84 valence electrons. The van der Waals surface area contributed by atoms with Gasteiger partial charge in [0.15, 0.2) is 0 Å². The van der Waals surface area contributed by atoms with Crippen LogP contribution in [0.15, 0.2) is 35.2 Å². The smallest absolute Gasteiger partial charge is 0.0351 e. The summed E-state index contributed by atoms with van der Waals surface area (Å²) in [5.74, 6) is 1.86. The minimum atomic E-state index is 0.726. The van der Waals surface area contributed by atoms with E-state index in [-0.39, 0.29) is 0 Å². The average molecular weight is 244 g/mol. The molecule has 0 aliphatic heterocycles. The number of halogens is 1. The number of thioether (sulfide) groups is 1. The molecular weight excluding hydrogens is 226 g/mol. The number of nitrogens with zero attached hydrogens (tertiary/aromatic N) is 1. The van der Waals surface area contributed by atoms with Gasteiger partial charge in [-0.15, -0.1) is 23.4 Å². The monoisotopic (exact) mass is 243 g/mol. The fraction of sp³-hybridized carbons (Fsp3) is 0.500. The fourth-order valence-corrected chi connectivity index (χ4v) is 2.53. The Hall–Kier alpha value is -0.180. The summed E-state index contributed by atoms with van der Waals surface area (Å²) < 4.78 is 0. The maximum absolute atomic E-state index is 5.72. The van der Waals surface area contributed by atoms with E-state index in [2.05, 4.69) is 42.2 Å². The first-order chi connectivity index (χ1) is 7.36. The summed E-state index contributed by atoms with van der Waals surface area (Å²) in [6.07, 6.45) is 0. The van der Waals surface area contributed by atoms with Gasteiger partial charge in [0.2, 0.25) is 0 Å². The zero-order valence-electron chi connectivity index (χ0n) is 9.16. The van der Waals surface area contributed by atoms with Crippen LogP contribution in [0.25, 0.3) is 0 Å². The topological polar surface area (TPSA) is 3.24 Å². The second-order valence-electron chi connectivity index (χ2n) is 3.28. The summed E-state index contributed by atoms with van der Waals surface area (Å²) in [6, 6.07) is 10.5. The highest BCUT2D eigenvalue weighted by atomic mass is 35.5. The molecule has 0 fully saturated rings. The van der Waals surface area contributed by atoms with Crippen LogP contribution in [0.3, 0.4) is 0 Å². The van der Waals surface area contributed by atoms with E-state index in [1.165, 1.54) is 4.90 Å². The van der Waals surface area contributed by atoms with Gasteiger partial charge in [0.1, 0.15) is 0 Å². The Balaban J connectivity index is 2.20. The minimum Gasteiger partial charge on any atom is -0.302 e. The van der Waals surface area contributed by atoms with Crippen molar-refractivity contribution in [2.45, 2.75) is 11.8 Å². The van der Waals surface area contributed by atoms with Gasteiger partial charge in [0.25, 0.3) is 0 Å². The summed E-state index contributed by atoms with van der Waals surface area (Å²) in [6.45, 7) is 5.37. The van der Waals surface area contributed by atoms with Crippen molar-refractivity contribution in [1.29, 1.82) is 0 Å². The van der Waals surface area contributed by atoms with Crippen LogP contribution in [0.4, 0.5) is 0 Å². The van der Waals surface area contributed by atoms with Crippen molar-refractivity contribution in [2.24, 2.45) is 0 Å². The Labute approximate surface area is 102 Å². The van der Waals surface area contributed by atoms with Crippen LogP contribution >= 0.6 is 23.4 Å². The lowest BCUT2D eigenvalue weighted by Crippen LogP contribution is -2.27. The number of rotatable bonds is 7. The lowest BCUT2D eigenvalue weighted by molar-refractivity contribution is 0.325. The molecule has 0 saturated carbocycles. The summed E-state index contributed by atoms with van der Waals surface area (Å²) in [5.41, 5.74) is 0. The quantitative estimate of drug-likeness (QED) is 0.534. The summed E-state index contributed by atoms with van der Waals surface area (Å²) >= 11 is 7.63. The number of hydrogen-bond acceptors (Lipinski definition) is 2. The molecule has 1 nitrogen and oxygen atoms in total. The second kappa shape index (κ2) is 8.03. The van der Waals surface area contributed by atoms with E-state index in [0.717, 1.165) is 31.3 Å². The standard InChI is InChI=1S/C12H18ClNS/c1-2-14(9-8-13)10-11-15-12-6-4-3-5-7-12/h3-7H,2,8-11H2,1H3. The van der Waals surface area contributed by atoms with Crippen LogP contribution in [0.1, 0.15) is 6.92 Å². The molecule has 0 N–H and O–H groups in total. The first-order valence-electron chi connectivity index (χ1n) is 5.33. The molecule has 0 spiro atoms. The number of hydrogen-bond donors (Lipinski definition) is 0. The van der Waals surface area contributed by atoms with Crippen molar-refractivity contribution in [3.63, 3.8) is 0 Å². The van der Waals surface area contributed by atoms with Crippen molar-refractivity contribution >= 4 is 23.4 Å². The third-order valence-electron chi connectivity index (χ3n) is 2.27. The van der Waals surface area contributed by atoms with E-state index in [1.54, 1.807) is 0 Å². The van der Waals surface area contributed by atoms with Crippen LogP contribution in [0.5, 0.6) is 0 Å². The van der Waals surface area contributed by atoms with Gasteiger partial charge >= 0.3 is 0 Å². The zero-order valence-corrected chi connectivity index (χ0v) is 10.7. The first-order valence-corrected chi connectivity index (χ1v) is 6.85. The molecule has 0 aliphatic rings. The molecule has 1 aromatic carbocycles. The fourth-order valence-electron chi connectivity index (χ4n) is 1.36. The molecule has 0 amide bonds. The summed E-state index contributed by atoms with van der Waals surface area (Å²) in [5, 5.41) is 0. The van der Waals surface area contributed by atoms with Crippen molar-refractivity contribution in [3.05, 3.63) is 30.3 Å². The van der Waals surface area contributed by atoms with Crippen LogP contribution in [0.2, 0.25) is 0 Å². The second-order valence-corrected chi connectivity index (χ2v) is 4.83. The third-order valence-corrected chi connectivity index (χ3v) is 3.43. The Morgan fingerprint density at radius 1 is 1.20 bits per heavy atom. The van der Waals surface area contributed by atoms with Gasteiger partial charge in [0, 0.05) is 29.6 Å². The van der Waals surface area contributed by atoms with Gasteiger partial charge in [-0.25, -0.2) is 0 Å². The van der Waals surface area contributed by atoms with Gasteiger partial charge in [-0.3, -0.25) is 0 Å². The molecule has 0 unspecified atom stereocenters. The number of alkyl halides is 1. The predicted molar refractivity (Wildman–Crippen MR) is 70.0 cm³/mol. The van der Waals surface area contributed by atoms with Crippen LogP contribution in [-0.4, -0.2) is 36.2 Å². The maximum atomic E-state index is 5.72. The molecule has 0 atom stereocenters. The minimum absolute atomic E-state index is 0.726. The largest absolute Gasteiger partial charge is 0.302 e. The summed E-state index contributed by atoms with van der Waals surface area (Å²) in [4.78, 5) is 3.72. The molecule has 0 heterocycles. The van der Waals surface area contributed by atoms with Crippen LogP contribution in [0, 0.1) is 0 Å². The Bertz CT molecular complexity index is 253. The molecule has 0 saturated heterocycles. The van der Waals surface area contributed by atoms with Crippen molar-refractivity contribution < 1.29 is 0 Å². The van der Waals surface area contributed by atoms with Crippen molar-refractivity contribution in [3.8, 4) is 0 Å². The van der Waals surface area contributed by atoms with Gasteiger partial charge in [-0.2, -0.15) is 0 Å². The van der Waals surface area contributed by atoms with Crippen LogP contribution in [-0.2, 0) is 0 Å². The maximum Gasteiger partial charge on any atom is 0.0351 e. The molecule has 0 bridgehead atoms. The highest BCUT2D eigenvalue weighted by Gasteiger charge is 2.00. The SMILES string of the molecule is CCN(CCCl)CCSc1ccccc1. The van der Waals surface area contributed by atoms with Gasteiger partial charge < -0.3 is 4.90 Å². The molecule has 1 aromatic rings. The average Bonchev–Trinajstić information content (AvgIpc) is 2.29. The molecular formula is C12H18ClNS. The van der Waals surface area contributed by atoms with Crippen LogP contribution < -0.4 is 0 Å². The van der Waals surface area contributed by atoms with E-state index in [4.69, 9.17) is 11.6 Å². The highest BCUT2D eigenvalue weighted by Crippen LogP contribution is 2.16. The van der Waals surface area contributed by atoms with Crippen molar-refractivity contribution in [1.82, 2.24) is 4.90 Å². The molecule has 0 radical (unpaired) electrons. The van der Waals surface area contributed by atoms with Gasteiger partial charge in [-0.1, -0.05) is 25.1 Å². The normalized spacial score (nSPS) is 10.9. The van der Waals surface area contributed by atoms with E-state index < -0.39 is 0 Å². The Morgan fingerprint density at radius 3 is 2.53 bits per heavy atom. The molecule has 0 aromatic heterocycles. The molecule has 3 heteroatoms. The third kappa shape index (κ3) is 5.45. The highest BCUT2D eigenvalue weighted by molar-refractivity contribution is 7.99. The van der Waals surface area contributed by atoms with Gasteiger partial charge in [0.05, 0.1) is 0 Å². The molecule has 0 aliphatic carbocycles. The van der Waals surface area contributed by atoms with E-state index in [1.807, 2.05) is 11.8 Å². The lowest BCUT2D eigenvalue weighted by Gasteiger charge is -2.18. The lowest BCUT2D eigenvalue weighted by atomic mass is 10.4. The van der Waals surface area contributed by atoms with Gasteiger partial charge in [-0.05, 0) is 18.7 Å². The van der Waals surface area contributed by atoms with E-state index >= 15 is 0 Å². The number of benzene rings is 1. The molecule has 15 heavy (non-hydrogen) atoms.